The summed E-state index contributed by atoms with van der Waals surface area (Å²) in [6, 6.07) is 7.21. The summed E-state index contributed by atoms with van der Waals surface area (Å²) in [5.41, 5.74) is 0.840. The molecule has 0 aromatic heterocycles. The first-order chi connectivity index (χ1) is 11.6. The number of likely N-dealkylation sites (tertiary alicyclic amines) is 1. The molecule has 2 N–H and O–H groups in total. The SMILES string of the molecule is CSNCC1CCN(C(=O)CNC(=O)/C=C/c2cccc(Cl)c2)C1. The highest BCUT2D eigenvalue weighted by atomic mass is 35.5. The van der Waals surface area contributed by atoms with Crippen molar-refractivity contribution in [3.05, 3.63) is 40.9 Å². The fourth-order valence-electron chi connectivity index (χ4n) is 2.54. The highest BCUT2D eigenvalue weighted by Crippen LogP contribution is 2.16. The van der Waals surface area contributed by atoms with Gasteiger partial charge in [0.15, 0.2) is 0 Å². The molecule has 5 nitrogen and oxygen atoms in total. The minimum atomic E-state index is -0.289. The van der Waals surface area contributed by atoms with Gasteiger partial charge in [-0.3, -0.25) is 14.3 Å². The molecule has 7 heteroatoms. The second kappa shape index (κ2) is 9.71. The van der Waals surface area contributed by atoms with Crippen LogP contribution in [-0.2, 0) is 9.59 Å². The highest BCUT2D eigenvalue weighted by molar-refractivity contribution is 7.96. The van der Waals surface area contributed by atoms with Gasteiger partial charge in [-0.05, 0) is 42.4 Å². The Morgan fingerprint density at radius 3 is 3.04 bits per heavy atom. The van der Waals surface area contributed by atoms with Crippen molar-refractivity contribution in [3.63, 3.8) is 0 Å². The molecule has 24 heavy (non-hydrogen) atoms. The topological polar surface area (TPSA) is 61.4 Å². The largest absolute Gasteiger partial charge is 0.343 e. The summed E-state index contributed by atoms with van der Waals surface area (Å²) in [6.07, 6.45) is 6.08. The Morgan fingerprint density at radius 2 is 2.29 bits per heavy atom. The van der Waals surface area contributed by atoms with E-state index in [2.05, 4.69) is 10.0 Å². The molecule has 2 rings (SSSR count). The molecule has 0 radical (unpaired) electrons. The van der Waals surface area contributed by atoms with Crippen molar-refractivity contribution < 1.29 is 9.59 Å². The molecule has 1 unspecified atom stereocenters. The van der Waals surface area contributed by atoms with E-state index < -0.39 is 0 Å². The first kappa shape index (κ1) is 18.8. The van der Waals surface area contributed by atoms with Crippen molar-refractivity contribution in [2.24, 2.45) is 5.92 Å². The smallest absolute Gasteiger partial charge is 0.244 e. The summed E-state index contributed by atoms with van der Waals surface area (Å²) in [4.78, 5) is 25.8. The average molecular weight is 368 g/mol. The standard InChI is InChI=1S/C17H22ClN3O2S/c1-24-20-10-14-7-8-21(12-14)17(23)11-19-16(22)6-5-13-3-2-4-15(18)9-13/h2-6,9,14,20H,7-8,10-12H2,1H3,(H,19,22)/b6-5+. The van der Waals surface area contributed by atoms with Crippen LogP contribution in [0, 0.1) is 5.92 Å². The van der Waals surface area contributed by atoms with Gasteiger partial charge in [-0.2, -0.15) is 0 Å². The zero-order valence-electron chi connectivity index (χ0n) is 13.6. The van der Waals surface area contributed by atoms with Crippen LogP contribution in [0.4, 0.5) is 0 Å². The van der Waals surface area contributed by atoms with Crippen molar-refractivity contribution in [1.82, 2.24) is 14.9 Å². The third kappa shape index (κ3) is 6.19. The minimum Gasteiger partial charge on any atom is -0.343 e. The average Bonchev–Trinajstić information content (AvgIpc) is 3.05. The van der Waals surface area contributed by atoms with E-state index in [1.54, 1.807) is 30.2 Å². The second-order valence-corrected chi connectivity index (χ2v) is 6.79. The summed E-state index contributed by atoms with van der Waals surface area (Å²) >= 11 is 7.48. The van der Waals surface area contributed by atoms with E-state index in [0.29, 0.717) is 10.9 Å². The van der Waals surface area contributed by atoms with Crippen molar-refractivity contribution >= 4 is 41.4 Å². The van der Waals surface area contributed by atoms with Crippen molar-refractivity contribution in [2.75, 3.05) is 32.4 Å². The minimum absolute atomic E-state index is 0.0292. The van der Waals surface area contributed by atoms with Gasteiger partial charge in [-0.25, -0.2) is 0 Å². The van der Waals surface area contributed by atoms with E-state index >= 15 is 0 Å². The van der Waals surface area contributed by atoms with Gasteiger partial charge in [0.05, 0.1) is 6.54 Å². The number of nitrogens with one attached hydrogen (secondary N) is 2. The first-order valence-corrected chi connectivity index (χ1v) is 9.44. The van der Waals surface area contributed by atoms with Crippen LogP contribution in [0.3, 0.4) is 0 Å². The Kier molecular flexibility index (Phi) is 7.62. The summed E-state index contributed by atoms with van der Waals surface area (Å²) in [5.74, 6) is 0.161. The van der Waals surface area contributed by atoms with Gasteiger partial charge in [-0.1, -0.05) is 35.7 Å². The zero-order chi connectivity index (χ0) is 17.4. The van der Waals surface area contributed by atoms with Crippen molar-refractivity contribution in [2.45, 2.75) is 6.42 Å². The van der Waals surface area contributed by atoms with Crippen LogP contribution in [0.15, 0.2) is 30.3 Å². The van der Waals surface area contributed by atoms with Crippen LogP contribution in [0.5, 0.6) is 0 Å². The van der Waals surface area contributed by atoms with E-state index in [-0.39, 0.29) is 18.4 Å². The maximum Gasteiger partial charge on any atom is 0.244 e. The monoisotopic (exact) mass is 367 g/mol. The molecule has 0 aliphatic carbocycles. The van der Waals surface area contributed by atoms with E-state index in [1.165, 1.54) is 6.08 Å². The number of benzene rings is 1. The van der Waals surface area contributed by atoms with E-state index in [4.69, 9.17) is 11.6 Å². The molecule has 0 bridgehead atoms. The quantitative estimate of drug-likeness (QED) is 0.573. The van der Waals surface area contributed by atoms with Crippen LogP contribution in [0.25, 0.3) is 6.08 Å². The number of nitrogens with zero attached hydrogens (tertiary/aromatic N) is 1. The fourth-order valence-corrected chi connectivity index (χ4v) is 3.14. The molecule has 1 aliphatic heterocycles. The number of hydrogen-bond donors (Lipinski definition) is 2. The van der Waals surface area contributed by atoms with Gasteiger partial charge in [0.2, 0.25) is 11.8 Å². The summed E-state index contributed by atoms with van der Waals surface area (Å²) < 4.78 is 3.23. The maximum absolute atomic E-state index is 12.1. The normalized spacial score (nSPS) is 17.4. The molecule has 1 aromatic carbocycles. The molecular formula is C17H22ClN3O2S. The lowest BCUT2D eigenvalue weighted by Crippen LogP contribution is -2.38. The molecule has 1 heterocycles. The summed E-state index contributed by atoms with van der Waals surface area (Å²) in [5, 5.41) is 3.25. The number of rotatable bonds is 7. The van der Waals surface area contributed by atoms with Gasteiger partial charge >= 0.3 is 0 Å². The van der Waals surface area contributed by atoms with E-state index in [9.17, 15) is 9.59 Å². The number of halogens is 1. The van der Waals surface area contributed by atoms with Crippen LogP contribution in [0.1, 0.15) is 12.0 Å². The molecule has 1 aliphatic rings. The first-order valence-electron chi connectivity index (χ1n) is 7.83. The third-order valence-electron chi connectivity index (χ3n) is 3.84. The molecule has 1 saturated heterocycles. The molecule has 1 aromatic rings. The highest BCUT2D eigenvalue weighted by Gasteiger charge is 2.25. The number of amides is 2. The predicted octanol–water partition coefficient (Wildman–Crippen LogP) is 2.19. The second-order valence-electron chi connectivity index (χ2n) is 5.65. The van der Waals surface area contributed by atoms with E-state index in [1.807, 2.05) is 23.3 Å². The predicted molar refractivity (Wildman–Crippen MR) is 99.7 cm³/mol. The Balaban J connectivity index is 1.72. The van der Waals surface area contributed by atoms with E-state index in [0.717, 1.165) is 31.6 Å². The van der Waals surface area contributed by atoms with Crippen LogP contribution in [0.2, 0.25) is 5.02 Å². The van der Waals surface area contributed by atoms with Gasteiger partial charge in [0, 0.05) is 30.7 Å². The molecular weight excluding hydrogens is 346 g/mol. The molecule has 0 saturated carbocycles. The van der Waals surface area contributed by atoms with Crippen molar-refractivity contribution in [1.29, 1.82) is 0 Å². The number of hydrogen-bond acceptors (Lipinski definition) is 4. The van der Waals surface area contributed by atoms with Gasteiger partial charge in [0.25, 0.3) is 0 Å². The summed E-state index contributed by atoms with van der Waals surface area (Å²) in [7, 11) is 0. The third-order valence-corrected chi connectivity index (χ3v) is 4.54. The molecule has 130 valence electrons. The fraction of sp³-hybridized carbons (Fsp3) is 0.412. The lowest BCUT2D eigenvalue weighted by molar-refractivity contribution is -0.131. The van der Waals surface area contributed by atoms with Crippen LogP contribution >= 0.6 is 23.5 Å². The molecule has 1 atom stereocenters. The van der Waals surface area contributed by atoms with Gasteiger partial charge in [0.1, 0.15) is 0 Å². The number of carbonyl (C=O) groups is 2. The lowest BCUT2D eigenvalue weighted by Gasteiger charge is -2.16. The molecule has 0 spiro atoms. The summed E-state index contributed by atoms with van der Waals surface area (Å²) in [6.45, 7) is 2.44. The van der Waals surface area contributed by atoms with Gasteiger partial charge in [-0.15, -0.1) is 0 Å². The molecule has 2 amide bonds. The zero-order valence-corrected chi connectivity index (χ0v) is 15.2. The number of carbonyl (C=O) groups excluding carboxylic acids is 2. The Morgan fingerprint density at radius 1 is 1.46 bits per heavy atom. The maximum atomic E-state index is 12.1. The van der Waals surface area contributed by atoms with Gasteiger partial charge < -0.3 is 10.2 Å². The Hall–Kier alpha value is -1.50. The molecule has 1 fully saturated rings. The Labute approximate surface area is 151 Å². The van der Waals surface area contributed by atoms with Crippen molar-refractivity contribution in [3.8, 4) is 0 Å². The van der Waals surface area contributed by atoms with Crippen LogP contribution in [-0.4, -0.2) is 49.1 Å². The van der Waals surface area contributed by atoms with Crippen LogP contribution < -0.4 is 10.0 Å². The lowest BCUT2D eigenvalue weighted by atomic mass is 10.1. The Bertz CT molecular complexity index is 609.